The molecule has 2 aliphatic rings. The summed E-state index contributed by atoms with van der Waals surface area (Å²) in [6, 6.07) is 1.87. The van der Waals surface area contributed by atoms with Gasteiger partial charge in [-0.1, -0.05) is 6.08 Å². The molecule has 1 fully saturated rings. The minimum atomic E-state index is -1.58. The average molecular weight is 287 g/mol. The topological polar surface area (TPSA) is 143 Å². The molecule has 1 saturated heterocycles. The number of hydrogen-bond acceptors (Lipinski definition) is 8. The Morgan fingerprint density at radius 1 is 1.25 bits per heavy atom. The first-order chi connectivity index (χ1) is 9.42. The number of rotatable bonds is 3. The Kier molecular flexibility index (Phi) is 4.41. The van der Waals surface area contributed by atoms with Crippen LogP contribution in [0.2, 0.25) is 0 Å². The van der Waals surface area contributed by atoms with Crippen molar-refractivity contribution in [2.75, 3.05) is 6.61 Å². The molecular weight excluding hydrogens is 270 g/mol. The highest BCUT2D eigenvalue weighted by Crippen LogP contribution is 2.32. The normalized spacial score (nSPS) is 48.2. The summed E-state index contributed by atoms with van der Waals surface area (Å²) in [6.45, 7) is -0.581. The average Bonchev–Trinajstić information content (AvgIpc) is 2.81. The number of hydrogen-bond donors (Lipinski definition) is 5. The van der Waals surface area contributed by atoms with Crippen LogP contribution in [0, 0.1) is 11.3 Å². The Morgan fingerprint density at radius 2 is 1.95 bits per heavy atom. The van der Waals surface area contributed by atoms with E-state index in [1.54, 1.807) is 0 Å². The molecule has 2 rings (SSSR count). The highest BCUT2D eigenvalue weighted by atomic mass is 16.7. The van der Waals surface area contributed by atoms with Crippen molar-refractivity contribution in [1.29, 1.82) is 5.26 Å². The molecule has 20 heavy (non-hydrogen) atoms. The van der Waals surface area contributed by atoms with E-state index in [9.17, 15) is 20.4 Å². The van der Waals surface area contributed by atoms with Crippen LogP contribution < -0.4 is 0 Å². The molecule has 112 valence electrons. The van der Waals surface area contributed by atoms with Gasteiger partial charge in [0.05, 0.1) is 12.7 Å². The van der Waals surface area contributed by atoms with Crippen molar-refractivity contribution >= 4 is 0 Å². The van der Waals surface area contributed by atoms with Crippen LogP contribution in [0.4, 0.5) is 0 Å². The van der Waals surface area contributed by atoms with E-state index >= 15 is 0 Å². The summed E-state index contributed by atoms with van der Waals surface area (Å²) < 4.78 is 10.5. The van der Waals surface area contributed by atoms with Crippen LogP contribution in [-0.2, 0) is 9.47 Å². The maximum Gasteiger partial charge on any atom is 0.189 e. The van der Waals surface area contributed by atoms with Gasteiger partial charge in [0, 0.05) is 6.42 Å². The van der Waals surface area contributed by atoms with E-state index < -0.39 is 49.0 Å². The van der Waals surface area contributed by atoms with Crippen molar-refractivity contribution < 1.29 is 35.0 Å². The first-order valence-corrected chi connectivity index (χ1v) is 6.19. The number of nitriles is 1. The van der Waals surface area contributed by atoms with E-state index in [4.69, 9.17) is 19.8 Å². The molecule has 1 aliphatic heterocycles. The smallest absolute Gasteiger partial charge is 0.189 e. The number of aliphatic hydroxyl groups is 5. The van der Waals surface area contributed by atoms with Gasteiger partial charge in [-0.3, -0.25) is 0 Å². The first-order valence-electron chi connectivity index (χ1n) is 6.19. The largest absolute Gasteiger partial charge is 0.394 e. The van der Waals surface area contributed by atoms with Crippen molar-refractivity contribution in [3.05, 3.63) is 12.2 Å². The maximum atomic E-state index is 9.82. The summed E-state index contributed by atoms with van der Waals surface area (Å²) in [5.41, 5.74) is -1.48. The second-order valence-electron chi connectivity index (χ2n) is 4.95. The summed E-state index contributed by atoms with van der Waals surface area (Å²) >= 11 is 0. The second kappa shape index (κ2) is 5.75. The molecule has 7 atom stereocenters. The van der Waals surface area contributed by atoms with E-state index in [1.165, 1.54) is 12.2 Å². The molecule has 1 aliphatic carbocycles. The molecular formula is C12H17NO7. The Hall–Kier alpha value is -1.05. The number of nitrogens with zero attached hydrogens (tertiary/aromatic N) is 1. The van der Waals surface area contributed by atoms with Crippen molar-refractivity contribution in [3.63, 3.8) is 0 Å². The molecule has 0 saturated carbocycles. The summed E-state index contributed by atoms with van der Waals surface area (Å²) in [4.78, 5) is 0. The Bertz CT molecular complexity index is 421. The third-order valence-electron chi connectivity index (χ3n) is 3.46. The van der Waals surface area contributed by atoms with E-state index in [0.29, 0.717) is 0 Å². The molecule has 0 aromatic heterocycles. The van der Waals surface area contributed by atoms with Crippen LogP contribution >= 0.6 is 0 Å². The van der Waals surface area contributed by atoms with Crippen LogP contribution in [0.15, 0.2) is 12.2 Å². The van der Waals surface area contributed by atoms with Crippen LogP contribution in [0.1, 0.15) is 6.42 Å². The molecule has 0 aromatic carbocycles. The van der Waals surface area contributed by atoms with Crippen LogP contribution in [-0.4, -0.2) is 74.6 Å². The highest BCUT2D eigenvalue weighted by molar-refractivity contribution is 5.24. The highest BCUT2D eigenvalue weighted by Gasteiger charge is 2.48. The van der Waals surface area contributed by atoms with Crippen molar-refractivity contribution in [2.45, 2.75) is 48.8 Å². The van der Waals surface area contributed by atoms with Gasteiger partial charge in [0.2, 0.25) is 0 Å². The van der Waals surface area contributed by atoms with Gasteiger partial charge in [0.1, 0.15) is 30.5 Å². The summed E-state index contributed by atoms with van der Waals surface area (Å²) in [6.07, 6.45) is -5.30. The maximum absolute atomic E-state index is 9.82. The van der Waals surface area contributed by atoms with Crippen LogP contribution in [0.3, 0.4) is 0 Å². The van der Waals surface area contributed by atoms with E-state index in [2.05, 4.69) is 0 Å². The molecule has 5 N–H and O–H groups in total. The van der Waals surface area contributed by atoms with Gasteiger partial charge in [0.15, 0.2) is 11.9 Å². The molecule has 0 bridgehead atoms. The van der Waals surface area contributed by atoms with E-state index in [1.807, 2.05) is 6.07 Å². The zero-order valence-electron chi connectivity index (χ0n) is 10.5. The fourth-order valence-corrected chi connectivity index (χ4v) is 2.28. The Balaban J connectivity index is 2.12. The Labute approximate surface area is 115 Å². The Morgan fingerprint density at radius 3 is 2.45 bits per heavy atom. The molecule has 8 heteroatoms. The van der Waals surface area contributed by atoms with Gasteiger partial charge in [-0.05, 0) is 6.08 Å². The quantitative estimate of drug-likeness (QED) is 0.355. The minimum Gasteiger partial charge on any atom is -0.394 e. The lowest BCUT2D eigenvalue weighted by Gasteiger charge is -2.41. The van der Waals surface area contributed by atoms with Gasteiger partial charge >= 0.3 is 0 Å². The van der Waals surface area contributed by atoms with E-state index in [-0.39, 0.29) is 6.42 Å². The lowest BCUT2D eigenvalue weighted by Crippen LogP contribution is -2.60. The van der Waals surface area contributed by atoms with Gasteiger partial charge in [-0.2, -0.15) is 5.26 Å². The zero-order chi connectivity index (χ0) is 14.9. The monoisotopic (exact) mass is 287 g/mol. The molecule has 8 nitrogen and oxygen atoms in total. The second-order valence-corrected chi connectivity index (χ2v) is 4.95. The van der Waals surface area contributed by atoms with Crippen molar-refractivity contribution in [2.24, 2.45) is 0 Å². The summed E-state index contributed by atoms with van der Waals surface area (Å²) in [7, 11) is 0. The summed E-state index contributed by atoms with van der Waals surface area (Å²) in [5.74, 6) is 0. The van der Waals surface area contributed by atoms with Crippen molar-refractivity contribution in [1.82, 2.24) is 0 Å². The van der Waals surface area contributed by atoms with Gasteiger partial charge in [0.25, 0.3) is 0 Å². The fourth-order valence-electron chi connectivity index (χ4n) is 2.28. The lowest BCUT2D eigenvalue weighted by molar-refractivity contribution is -0.315. The predicted octanol–water partition coefficient (Wildman–Crippen LogP) is -2.61. The molecule has 0 radical (unpaired) electrons. The molecule has 0 aromatic rings. The zero-order valence-corrected chi connectivity index (χ0v) is 10.5. The third-order valence-corrected chi connectivity index (χ3v) is 3.46. The van der Waals surface area contributed by atoms with Crippen LogP contribution in [0.25, 0.3) is 0 Å². The molecule has 0 spiro atoms. The number of aliphatic hydroxyl groups excluding tert-OH is 5. The molecule has 0 amide bonds. The summed E-state index contributed by atoms with van der Waals surface area (Å²) in [5, 5.41) is 56.7. The van der Waals surface area contributed by atoms with Crippen LogP contribution in [0.5, 0.6) is 0 Å². The van der Waals surface area contributed by atoms with Gasteiger partial charge in [-0.25, -0.2) is 0 Å². The third kappa shape index (κ3) is 2.70. The molecule has 1 heterocycles. The molecule has 6 unspecified atom stereocenters. The SMILES string of the molecule is N#C[C@@]1(OC2OC(CO)C(O)C(O)C2O)C=CC(O)C1. The van der Waals surface area contributed by atoms with Gasteiger partial charge < -0.3 is 35.0 Å². The number of ether oxygens (including phenoxy) is 2. The minimum absolute atomic E-state index is 0.0292. The lowest BCUT2D eigenvalue weighted by atomic mass is 9.98. The first kappa shape index (κ1) is 15.3. The van der Waals surface area contributed by atoms with Gasteiger partial charge in [-0.15, -0.1) is 0 Å². The predicted molar refractivity (Wildman–Crippen MR) is 63.0 cm³/mol. The van der Waals surface area contributed by atoms with Crippen molar-refractivity contribution in [3.8, 4) is 6.07 Å². The standard InChI is InChI=1S/C12H17NO7/c13-5-12(2-1-6(15)3-12)20-11-10(18)9(17)8(16)7(4-14)19-11/h1-2,6-11,14-18H,3-4H2/t6?,7?,8?,9?,10?,11?,12-/m1/s1. The fraction of sp³-hybridized carbons (Fsp3) is 0.750. The van der Waals surface area contributed by atoms with E-state index in [0.717, 1.165) is 0 Å².